The average Bonchev–Trinajstić information content (AvgIpc) is 2.35. The fourth-order valence-electron chi connectivity index (χ4n) is 1.77. The maximum atomic E-state index is 13.4. The van der Waals surface area contributed by atoms with Gasteiger partial charge in [-0.05, 0) is 19.1 Å². The second-order valence-electron chi connectivity index (χ2n) is 4.16. The van der Waals surface area contributed by atoms with Crippen LogP contribution in [0.5, 0.6) is 0 Å². The molecule has 0 saturated heterocycles. The second kappa shape index (κ2) is 5.60. The Labute approximate surface area is 113 Å². The maximum absolute atomic E-state index is 13.4. The number of aryl methyl sites for hydroxylation is 1. The Morgan fingerprint density at radius 3 is 2.75 bits per heavy atom. The van der Waals surface area contributed by atoms with Crippen LogP contribution in [-0.2, 0) is 6.54 Å². The zero-order valence-corrected chi connectivity index (χ0v) is 10.6. The topological polar surface area (TPSA) is 68.1 Å². The van der Waals surface area contributed by atoms with Crippen molar-refractivity contribution in [2.45, 2.75) is 13.5 Å². The van der Waals surface area contributed by atoms with E-state index in [-0.39, 0.29) is 12.2 Å². The van der Waals surface area contributed by atoms with E-state index in [0.29, 0.717) is 11.8 Å². The van der Waals surface area contributed by atoms with E-state index in [4.69, 9.17) is 0 Å². The zero-order valence-electron chi connectivity index (χ0n) is 10.6. The lowest BCUT2D eigenvalue weighted by Gasteiger charge is -2.08. The summed E-state index contributed by atoms with van der Waals surface area (Å²) in [6.45, 7) is 1.93. The van der Waals surface area contributed by atoms with Gasteiger partial charge < -0.3 is 5.32 Å². The van der Waals surface area contributed by atoms with Gasteiger partial charge in [-0.15, -0.1) is 0 Å². The standard InChI is InChI=1S/C13H11F2N3O2/c1-8-3-2-4-10(17-8)7-16-12-6-9(14)5-11(15)13(12)18(19)20/h2-6,16H,7H2,1H3. The largest absolute Gasteiger partial charge is 0.374 e. The van der Waals surface area contributed by atoms with Crippen LogP contribution in [0.2, 0.25) is 0 Å². The van der Waals surface area contributed by atoms with E-state index in [2.05, 4.69) is 10.3 Å². The van der Waals surface area contributed by atoms with Gasteiger partial charge in [0.25, 0.3) is 0 Å². The first kappa shape index (κ1) is 13.9. The lowest BCUT2D eigenvalue weighted by molar-refractivity contribution is -0.386. The first-order valence-electron chi connectivity index (χ1n) is 5.77. The minimum Gasteiger partial charge on any atom is -0.374 e. The van der Waals surface area contributed by atoms with Gasteiger partial charge in [-0.1, -0.05) is 6.07 Å². The van der Waals surface area contributed by atoms with Crippen molar-refractivity contribution in [2.24, 2.45) is 0 Å². The monoisotopic (exact) mass is 279 g/mol. The Morgan fingerprint density at radius 2 is 2.10 bits per heavy atom. The number of halogens is 2. The summed E-state index contributed by atoms with van der Waals surface area (Å²) < 4.78 is 26.6. The van der Waals surface area contributed by atoms with Gasteiger partial charge in [-0.25, -0.2) is 4.39 Å². The SMILES string of the molecule is Cc1cccc(CNc2cc(F)cc(F)c2[N+](=O)[O-])n1. The number of pyridine rings is 1. The third-order valence-corrected chi connectivity index (χ3v) is 2.62. The van der Waals surface area contributed by atoms with E-state index in [9.17, 15) is 18.9 Å². The molecule has 5 nitrogen and oxygen atoms in total. The number of nitro groups is 1. The highest BCUT2D eigenvalue weighted by Gasteiger charge is 2.21. The Balaban J connectivity index is 2.27. The van der Waals surface area contributed by atoms with Crippen LogP contribution in [0.3, 0.4) is 0 Å². The van der Waals surface area contributed by atoms with Crippen molar-refractivity contribution >= 4 is 11.4 Å². The molecule has 0 bridgehead atoms. The van der Waals surface area contributed by atoms with Crippen LogP contribution >= 0.6 is 0 Å². The van der Waals surface area contributed by atoms with Gasteiger partial charge in [0.05, 0.1) is 17.2 Å². The van der Waals surface area contributed by atoms with E-state index in [1.165, 1.54) is 0 Å². The molecule has 104 valence electrons. The van der Waals surface area contributed by atoms with Crippen molar-refractivity contribution in [1.29, 1.82) is 0 Å². The van der Waals surface area contributed by atoms with Crippen molar-refractivity contribution in [1.82, 2.24) is 4.98 Å². The molecule has 0 aliphatic carbocycles. The van der Waals surface area contributed by atoms with Gasteiger partial charge in [0.15, 0.2) is 0 Å². The number of hydrogen-bond donors (Lipinski definition) is 1. The van der Waals surface area contributed by atoms with Gasteiger partial charge in [-0.2, -0.15) is 4.39 Å². The summed E-state index contributed by atoms with van der Waals surface area (Å²) in [5, 5.41) is 13.4. The summed E-state index contributed by atoms with van der Waals surface area (Å²) in [5.41, 5.74) is 0.406. The van der Waals surface area contributed by atoms with Gasteiger partial charge in [0, 0.05) is 17.8 Å². The molecule has 7 heteroatoms. The zero-order chi connectivity index (χ0) is 14.7. The van der Waals surface area contributed by atoms with Crippen LogP contribution < -0.4 is 5.32 Å². The molecule has 0 unspecified atom stereocenters. The number of anilines is 1. The molecule has 0 aliphatic rings. The Bertz CT molecular complexity index is 662. The first-order chi connectivity index (χ1) is 9.47. The molecule has 1 heterocycles. The third-order valence-electron chi connectivity index (χ3n) is 2.62. The molecule has 0 radical (unpaired) electrons. The van der Waals surface area contributed by atoms with Gasteiger partial charge >= 0.3 is 5.69 Å². The molecule has 0 aliphatic heterocycles. The molecule has 1 N–H and O–H groups in total. The van der Waals surface area contributed by atoms with Crippen LogP contribution in [-0.4, -0.2) is 9.91 Å². The minimum atomic E-state index is -1.21. The Hall–Kier alpha value is -2.57. The Kier molecular flexibility index (Phi) is 3.88. The van der Waals surface area contributed by atoms with E-state index in [1.54, 1.807) is 25.1 Å². The molecule has 1 aromatic heterocycles. The second-order valence-corrected chi connectivity index (χ2v) is 4.16. The summed E-state index contributed by atoms with van der Waals surface area (Å²) in [7, 11) is 0. The van der Waals surface area contributed by atoms with E-state index in [1.807, 2.05) is 0 Å². The van der Waals surface area contributed by atoms with Crippen LogP contribution in [0.4, 0.5) is 20.2 Å². The number of aromatic nitrogens is 1. The molecular weight excluding hydrogens is 268 g/mol. The predicted molar refractivity (Wildman–Crippen MR) is 69.3 cm³/mol. The van der Waals surface area contributed by atoms with Gasteiger partial charge in [0.1, 0.15) is 11.5 Å². The van der Waals surface area contributed by atoms with Gasteiger partial charge in [-0.3, -0.25) is 15.1 Å². The number of hydrogen-bond acceptors (Lipinski definition) is 4. The number of nitrogens with one attached hydrogen (secondary N) is 1. The summed E-state index contributed by atoms with van der Waals surface area (Å²) in [6.07, 6.45) is 0. The number of benzene rings is 1. The van der Waals surface area contributed by atoms with E-state index < -0.39 is 22.2 Å². The quantitative estimate of drug-likeness (QED) is 0.689. The van der Waals surface area contributed by atoms with Crippen LogP contribution in [0.25, 0.3) is 0 Å². The minimum absolute atomic E-state index is 0.130. The lowest BCUT2D eigenvalue weighted by Crippen LogP contribution is -2.06. The smallest absolute Gasteiger partial charge is 0.327 e. The molecule has 0 atom stereocenters. The normalized spacial score (nSPS) is 10.3. The summed E-state index contributed by atoms with van der Waals surface area (Å²) in [4.78, 5) is 14.1. The van der Waals surface area contributed by atoms with Crippen molar-refractivity contribution in [3.63, 3.8) is 0 Å². The fraction of sp³-hybridized carbons (Fsp3) is 0.154. The van der Waals surface area contributed by atoms with E-state index in [0.717, 1.165) is 11.8 Å². The fourth-order valence-corrected chi connectivity index (χ4v) is 1.77. The molecule has 0 saturated carbocycles. The molecule has 0 fully saturated rings. The maximum Gasteiger partial charge on any atom is 0.327 e. The van der Waals surface area contributed by atoms with Crippen molar-refractivity contribution in [2.75, 3.05) is 5.32 Å². The first-order valence-corrected chi connectivity index (χ1v) is 5.77. The number of nitro benzene ring substituents is 1. The molecule has 1 aromatic carbocycles. The molecule has 20 heavy (non-hydrogen) atoms. The summed E-state index contributed by atoms with van der Waals surface area (Å²) in [6, 6.07) is 6.65. The summed E-state index contributed by atoms with van der Waals surface area (Å²) in [5.74, 6) is -2.09. The van der Waals surface area contributed by atoms with Crippen LogP contribution in [0.15, 0.2) is 30.3 Å². The highest BCUT2D eigenvalue weighted by Crippen LogP contribution is 2.29. The molecule has 2 rings (SSSR count). The van der Waals surface area contributed by atoms with Crippen LogP contribution in [0.1, 0.15) is 11.4 Å². The van der Waals surface area contributed by atoms with Crippen molar-refractivity contribution < 1.29 is 13.7 Å². The van der Waals surface area contributed by atoms with Crippen LogP contribution in [0, 0.1) is 28.7 Å². The van der Waals surface area contributed by atoms with E-state index >= 15 is 0 Å². The average molecular weight is 279 g/mol. The third kappa shape index (κ3) is 3.05. The lowest BCUT2D eigenvalue weighted by atomic mass is 10.2. The number of nitrogens with zero attached hydrogens (tertiary/aromatic N) is 2. The molecule has 0 spiro atoms. The van der Waals surface area contributed by atoms with Gasteiger partial charge in [0.2, 0.25) is 5.82 Å². The molecular formula is C13H11F2N3O2. The number of rotatable bonds is 4. The highest BCUT2D eigenvalue weighted by atomic mass is 19.1. The Morgan fingerprint density at radius 1 is 1.35 bits per heavy atom. The van der Waals surface area contributed by atoms with Crippen molar-refractivity contribution in [3.05, 3.63) is 63.5 Å². The predicted octanol–water partition coefficient (Wildman–Crippen LogP) is 3.19. The molecule has 2 aromatic rings. The highest BCUT2D eigenvalue weighted by molar-refractivity contribution is 5.62. The summed E-state index contributed by atoms with van der Waals surface area (Å²) >= 11 is 0. The van der Waals surface area contributed by atoms with Crippen molar-refractivity contribution in [3.8, 4) is 0 Å². The molecule has 0 amide bonds.